The first-order chi connectivity index (χ1) is 6.83. The molecule has 0 heterocycles. The fourth-order valence-electron chi connectivity index (χ4n) is 0.542. The van der Waals surface area contributed by atoms with Crippen LogP contribution in [0.15, 0.2) is 74.9 Å². The number of rotatable bonds is 6. The Morgan fingerprint density at radius 3 is 1.21 bits per heavy atom. The third-order valence-electron chi connectivity index (χ3n) is 1.15. The highest BCUT2D eigenvalue weighted by molar-refractivity contribution is 4.99. The lowest BCUT2D eigenvalue weighted by molar-refractivity contribution is 1.41. The third-order valence-corrected chi connectivity index (χ3v) is 1.15. The first kappa shape index (κ1) is 14.9. The molecule has 0 aliphatic rings. The van der Waals surface area contributed by atoms with Gasteiger partial charge >= 0.3 is 0 Å². The molecule has 76 valence electrons. The zero-order chi connectivity index (χ0) is 11.1. The van der Waals surface area contributed by atoms with Crippen LogP contribution in [-0.4, -0.2) is 0 Å². The second-order valence-corrected chi connectivity index (χ2v) is 2.38. The van der Waals surface area contributed by atoms with E-state index in [1.54, 1.807) is 12.2 Å². The average Bonchev–Trinajstić information content (AvgIpc) is 2.21. The summed E-state index contributed by atoms with van der Waals surface area (Å²) in [6.07, 6.45) is 16.9. The van der Waals surface area contributed by atoms with Crippen LogP contribution in [0.2, 0.25) is 0 Å². The largest absolute Gasteiger partial charge is 0.103 e. The Bertz CT molecular complexity index is 180. The Balaban J connectivity index is 0. The van der Waals surface area contributed by atoms with Gasteiger partial charge in [0, 0.05) is 0 Å². The molecule has 0 heteroatoms. The van der Waals surface area contributed by atoms with Crippen LogP contribution < -0.4 is 0 Å². The molecule has 0 amide bonds. The van der Waals surface area contributed by atoms with Crippen LogP contribution in [0.5, 0.6) is 0 Å². The molecule has 0 saturated carbocycles. The molecule has 0 aliphatic carbocycles. The average molecular weight is 188 g/mol. The van der Waals surface area contributed by atoms with Gasteiger partial charge in [-0.1, -0.05) is 61.8 Å². The predicted molar refractivity (Wildman–Crippen MR) is 68.3 cm³/mol. The maximum absolute atomic E-state index is 3.55. The van der Waals surface area contributed by atoms with Crippen molar-refractivity contribution in [3.63, 3.8) is 0 Å². The van der Waals surface area contributed by atoms with Crippen LogP contribution in [0.3, 0.4) is 0 Å². The Labute approximate surface area is 88.4 Å². The zero-order valence-electron chi connectivity index (χ0n) is 8.86. The van der Waals surface area contributed by atoms with Crippen LogP contribution in [0.4, 0.5) is 0 Å². The Morgan fingerprint density at radius 2 is 1.00 bits per heavy atom. The summed E-state index contributed by atoms with van der Waals surface area (Å²) in [6.45, 7) is 14.1. The van der Waals surface area contributed by atoms with Gasteiger partial charge in [-0.2, -0.15) is 0 Å². The van der Waals surface area contributed by atoms with Crippen molar-refractivity contribution in [3.05, 3.63) is 74.9 Å². The van der Waals surface area contributed by atoms with E-state index in [4.69, 9.17) is 0 Å². The molecule has 0 aromatic carbocycles. The molecule has 0 aromatic heterocycles. The van der Waals surface area contributed by atoms with Gasteiger partial charge in [-0.25, -0.2) is 0 Å². The molecule has 0 bridgehead atoms. The maximum Gasteiger partial charge on any atom is -0.0169 e. The highest BCUT2D eigenvalue weighted by Gasteiger charge is 1.60. The summed E-state index contributed by atoms with van der Waals surface area (Å²) < 4.78 is 0. The van der Waals surface area contributed by atoms with E-state index in [1.807, 2.05) is 36.5 Å². The van der Waals surface area contributed by atoms with E-state index in [0.29, 0.717) is 0 Å². The third kappa shape index (κ3) is 22.4. The standard InChI is InChI=1S/2C7H10/c2*1-3-5-7-6-4-2/h2*3-5,7H,1-2,6H2. The van der Waals surface area contributed by atoms with Crippen molar-refractivity contribution in [2.45, 2.75) is 12.8 Å². The minimum Gasteiger partial charge on any atom is -0.103 e. The second-order valence-electron chi connectivity index (χ2n) is 2.38. The summed E-state index contributed by atoms with van der Waals surface area (Å²) in [4.78, 5) is 0. The quantitative estimate of drug-likeness (QED) is 0.422. The molecule has 0 nitrogen and oxygen atoms in total. The van der Waals surface area contributed by atoms with Crippen LogP contribution in [0, 0.1) is 0 Å². The number of allylic oxidation sites excluding steroid dienone is 8. The van der Waals surface area contributed by atoms with Crippen LogP contribution in [0.1, 0.15) is 12.8 Å². The summed E-state index contributed by atoms with van der Waals surface area (Å²) in [7, 11) is 0. The van der Waals surface area contributed by atoms with Crippen molar-refractivity contribution in [1.82, 2.24) is 0 Å². The molecule has 0 saturated heterocycles. The first-order valence-corrected chi connectivity index (χ1v) is 4.60. The van der Waals surface area contributed by atoms with Crippen molar-refractivity contribution in [3.8, 4) is 0 Å². The lowest BCUT2D eigenvalue weighted by Crippen LogP contribution is -1.50. The van der Waals surface area contributed by atoms with E-state index in [9.17, 15) is 0 Å². The molecular formula is C14H20. The molecule has 0 aromatic rings. The molecule has 0 N–H and O–H groups in total. The second kappa shape index (κ2) is 17.5. The van der Waals surface area contributed by atoms with Gasteiger partial charge < -0.3 is 0 Å². The van der Waals surface area contributed by atoms with Crippen molar-refractivity contribution >= 4 is 0 Å². The van der Waals surface area contributed by atoms with E-state index in [0.717, 1.165) is 12.8 Å². The van der Waals surface area contributed by atoms with Crippen molar-refractivity contribution in [1.29, 1.82) is 0 Å². The fourth-order valence-corrected chi connectivity index (χ4v) is 0.542. The SMILES string of the molecule is C=CC=CCC=C.C=CC=CCC=C. The predicted octanol–water partition coefficient (Wildman–Crippen LogP) is 4.61. The molecule has 0 spiro atoms. The van der Waals surface area contributed by atoms with E-state index < -0.39 is 0 Å². The van der Waals surface area contributed by atoms with Gasteiger partial charge in [-0.3, -0.25) is 0 Å². The van der Waals surface area contributed by atoms with E-state index in [2.05, 4.69) is 26.3 Å². The van der Waals surface area contributed by atoms with E-state index >= 15 is 0 Å². The molecule has 0 radical (unpaired) electrons. The maximum atomic E-state index is 3.55. The molecule has 14 heavy (non-hydrogen) atoms. The van der Waals surface area contributed by atoms with Crippen molar-refractivity contribution in [2.75, 3.05) is 0 Å². The highest BCUT2D eigenvalue weighted by Crippen LogP contribution is 1.81. The lowest BCUT2D eigenvalue weighted by atomic mass is 10.4. The highest BCUT2D eigenvalue weighted by atomic mass is 13.7. The summed E-state index contributed by atoms with van der Waals surface area (Å²) in [5.41, 5.74) is 0. The molecular weight excluding hydrogens is 168 g/mol. The van der Waals surface area contributed by atoms with Gasteiger partial charge in [0.05, 0.1) is 0 Å². The first-order valence-electron chi connectivity index (χ1n) is 4.60. The van der Waals surface area contributed by atoms with Gasteiger partial charge in [-0.15, -0.1) is 13.2 Å². The molecule has 0 fully saturated rings. The number of hydrogen-bond acceptors (Lipinski definition) is 0. The van der Waals surface area contributed by atoms with E-state index in [1.165, 1.54) is 0 Å². The van der Waals surface area contributed by atoms with Crippen molar-refractivity contribution in [2.24, 2.45) is 0 Å². The zero-order valence-corrected chi connectivity index (χ0v) is 8.86. The Morgan fingerprint density at radius 1 is 0.643 bits per heavy atom. The summed E-state index contributed by atoms with van der Waals surface area (Å²) in [6, 6.07) is 0. The molecule has 0 rings (SSSR count). The molecule has 0 unspecified atom stereocenters. The minimum atomic E-state index is 0.937. The smallest absolute Gasteiger partial charge is 0.0169 e. The Kier molecular flexibility index (Phi) is 18.7. The van der Waals surface area contributed by atoms with Gasteiger partial charge in [-0.05, 0) is 12.8 Å². The van der Waals surface area contributed by atoms with Gasteiger partial charge in [0.15, 0.2) is 0 Å². The normalized spacial score (nSPS) is 9.14. The van der Waals surface area contributed by atoms with E-state index in [-0.39, 0.29) is 0 Å². The summed E-state index contributed by atoms with van der Waals surface area (Å²) in [5, 5.41) is 0. The van der Waals surface area contributed by atoms with Crippen LogP contribution >= 0.6 is 0 Å². The van der Waals surface area contributed by atoms with Crippen molar-refractivity contribution < 1.29 is 0 Å². The summed E-state index contributed by atoms with van der Waals surface area (Å²) in [5.74, 6) is 0. The van der Waals surface area contributed by atoms with Crippen LogP contribution in [0.25, 0.3) is 0 Å². The van der Waals surface area contributed by atoms with Gasteiger partial charge in [0.2, 0.25) is 0 Å². The van der Waals surface area contributed by atoms with Crippen LogP contribution in [-0.2, 0) is 0 Å². The Hall–Kier alpha value is -1.56. The van der Waals surface area contributed by atoms with Gasteiger partial charge in [0.1, 0.15) is 0 Å². The minimum absolute atomic E-state index is 0.937. The number of hydrogen-bond donors (Lipinski definition) is 0. The van der Waals surface area contributed by atoms with Gasteiger partial charge in [0.25, 0.3) is 0 Å². The topological polar surface area (TPSA) is 0 Å². The fraction of sp³-hybridized carbons (Fsp3) is 0.143. The monoisotopic (exact) mass is 188 g/mol. The summed E-state index contributed by atoms with van der Waals surface area (Å²) >= 11 is 0. The molecule has 0 aliphatic heterocycles. The molecule has 0 atom stereocenters. The lowest BCUT2D eigenvalue weighted by Gasteiger charge is -1.71.